The summed E-state index contributed by atoms with van der Waals surface area (Å²) in [6.07, 6.45) is 0.472. The molecule has 2 aromatic rings. The predicted octanol–water partition coefficient (Wildman–Crippen LogP) is 5.36. The van der Waals surface area contributed by atoms with Crippen molar-refractivity contribution in [3.8, 4) is 0 Å². The van der Waals surface area contributed by atoms with Gasteiger partial charge in [0.05, 0.1) is 0 Å². The summed E-state index contributed by atoms with van der Waals surface area (Å²) in [4.78, 5) is 12.6. The summed E-state index contributed by atoms with van der Waals surface area (Å²) in [5, 5.41) is 0. The van der Waals surface area contributed by atoms with Crippen molar-refractivity contribution in [3.63, 3.8) is 0 Å². The average Bonchev–Trinajstić information content (AvgIpc) is 2.47. The number of ketones is 1. The van der Waals surface area contributed by atoms with Crippen molar-refractivity contribution in [2.45, 2.75) is 46.0 Å². The van der Waals surface area contributed by atoms with E-state index in [9.17, 15) is 4.79 Å². The van der Waals surface area contributed by atoms with E-state index in [0.29, 0.717) is 18.3 Å². The molecule has 110 valence electrons. The highest BCUT2D eigenvalue weighted by atomic mass is 16.1. The Bertz CT molecular complexity index is 583. The van der Waals surface area contributed by atoms with Gasteiger partial charge in [-0.05, 0) is 40.7 Å². The molecule has 0 spiro atoms. The van der Waals surface area contributed by atoms with Gasteiger partial charge in [0.15, 0.2) is 5.78 Å². The number of rotatable bonds is 5. The van der Waals surface area contributed by atoms with E-state index in [4.69, 9.17) is 0 Å². The van der Waals surface area contributed by atoms with Crippen LogP contribution in [0.15, 0.2) is 48.5 Å². The van der Waals surface area contributed by atoms with Crippen LogP contribution in [0.5, 0.6) is 0 Å². The second kappa shape index (κ2) is 6.71. The largest absolute Gasteiger partial charge is 0.294 e. The molecule has 1 heteroatoms. The number of hydrogen-bond acceptors (Lipinski definition) is 1. The van der Waals surface area contributed by atoms with Gasteiger partial charge in [-0.1, -0.05) is 64.1 Å². The van der Waals surface area contributed by atoms with Crippen molar-refractivity contribution in [1.82, 2.24) is 0 Å². The fourth-order valence-corrected chi connectivity index (χ4v) is 2.39. The van der Waals surface area contributed by atoms with Gasteiger partial charge < -0.3 is 0 Å². The third-order valence-electron chi connectivity index (χ3n) is 3.84. The second-order valence-corrected chi connectivity index (χ2v) is 6.28. The molecular weight excluding hydrogens is 256 g/mol. The van der Waals surface area contributed by atoms with Gasteiger partial charge in [-0.2, -0.15) is 0 Å². The van der Waals surface area contributed by atoms with E-state index in [1.165, 1.54) is 11.1 Å². The monoisotopic (exact) mass is 280 g/mol. The molecule has 0 aliphatic rings. The molecule has 0 saturated heterocycles. The van der Waals surface area contributed by atoms with Gasteiger partial charge in [0.25, 0.3) is 0 Å². The molecular formula is C20H24O. The van der Waals surface area contributed by atoms with Crippen LogP contribution in [0, 0.1) is 0 Å². The molecule has 1 nitrogen and oxygen atoms in total. The van der Waals surface area contributed by atoms with Crippen LogP contribution in [0.4, 0.5) is 0 Å². The third kappa shape index (κ3) is 4.04. The van der Waals surface area contributed by atoms with Crippen LogP contribution in [0.2, 0.25) is 0 Å². The zero-order chi connectivity index (χ0) is 15.4. The Morgan fingerprint density at radius 1 is 0.857 bits per heavy atom. The van der Waals surface area contributed by atoms with Crippen LogP contribution >= 0.6 is 0 Å². The van der Waals surface area contributed by atoms with E-state index in [-0.39, 0.29) is 5.78 Å². The Kier molecular flexibility index (Phi) is 4.95. The van der Waals surface area contributed by atoms with Crippen LogP contribution in [0.3, 0.4) is 0 Å². The lowest BCUT2D eigenvalue weighted by molar-refractivity contribution is 0.0993. The Morgan fingerprint density at radius 3 is 1.86 bits per heavy atom. The molecule has 0 aromatic heterocycles. The van der Waals surface area contributed by atoms with E-state index in [0.717, 1.165) is 11.1 Å². The molecule has 2 aromatic carbocycles. The molecule has 0 saturated carbocycles. The molecule has 0 unspecified atom stereocenters. The Labute approximate surface area is 128 Å². The van der Waals surface area contributed by atoms with E-state index in [2.05, 4.69) is 45.9 Å². The highest BCUT2D eigenvalue weighted by Crippen LogP contribution is 2.24. The topological polar surface area (TPSA) is 17.1 Å². The average molecular weight is 280 g/mol. The van der Waals surface area contributed by atoms with Gasteiger partial charge in [0, 0.05) is 12.0 Å². The molecule has 0 bridgehead atoms. The summed E-state index contributed by atoms with van der Waals surface area (Å²) in [5.74, 6) is 1.07. The maximum absolute atomic E-state index is 12.6. The van der Waals surface area contributed by atoms with Crippen molar-refractivity contribution in [1.29, 1.82) is 0 Å². The van der Waals surface area contributed by atoms with Crippen LogP contribution in [-0.4, -0.2) is 5.78 Å². The van der Waals surface area contributed by atoms with Gasteiger partial charge in [-0.25, -0.2) is 0 Å². The number of carbonyl (C=O) groups excluding carboxylic acids is 1. The van der Waals surface area contributed by atoms with Crippen molar-refractivity contribution in [3.05, 3.63) is 70.8 Å². The first kappa shape index (κ1) is 15.5. The summed E-state index contributed by atoms with van der Waals surface area (Å²) in [6.45, 7) is 8.69. The normalized spacial score (nSPS) is 11.1. The van der Waals surface area contributed by atoms with Gasteiger partial charge in [0.2, 0.25) is 0 Å². The van der Waals surface area contributed by atoms with Crippen LogP contribution in [-0.2, 0) is 6.42 Å². The summed E-state index contributed by atoms with van der Waals surface area (Å²) in [7, 11) is 0. The first-order chi connectivity index (χ1) is 9.97. The summed E-state index contributed by atoms with van der Waals surface area (Å²) < 4.78 is 0. The van der Waals surface area contributed by atoms with Gasteiger partial charge >= 0.3 is 0 Å². The van der Waals surface area contributed by atoms with E-state index >= 15 is 0 Å². The van der Waals surface area contributed by atoms with Crippen molar-refractivity contribution in [2.24, 2.45) is 0 Å². The molecule has 0 fully saturated rings. The zero-order valence-corrected chi connectivity index (χ0v) is 13.4. The number of carbonyl (C=O) groups is 1. The van der Waals surface area contributed by atoms with E-state index in [1.807, 2.05) is 30.3 Å². The summed E-state index contributed by atoms with van der Waals surface area (Å²) >= 11 is 0. The number of benzene rings is 2. The molecule has 21 heavy (non-hydrogen) atoms. The molecule has 0 amide bonds. The van der Waals surface area contributed by atoms with Crippen molar-refractivity contribution >= 4 is 5.78 Å². The maximum atomic E-state index is 12.6. The molecule has 0 heterocycles. The fourth-order valence-electron chi connectivity index (χ4n) is 2.39. The van der Waals surface area contributed by atoms with E-state index in [1.54, 1.807) is 0 Å². The minimum absolute atomic E-state index is 0.200. The van der Waals surface area contributed by atoms with Crippen molar-refractivity contribution < 1.29 is 4.79 Å². The molecule has 2 rings (SSSR count). The molecule has 0 atom stereocenters. The van der Waals surface area contributed by atoms with Crippen LogP contribution < -0.4 is 0 Å². The van der Waals surface area contributed by atoms with Crippen molar-refractivity contribution in [2.75, 3.05) is 0 Å². The minimum atomic E-state index is 0.200. The lowest BCUT2D eigenvalue weighted by Gasteiger charge is -2.14. The van der Waals surface area contributed by atoms with E-state index < -0.39 is 0 Å². The second-order valence-electron chi connectivity index (χ2n) is 6.28. The summed E-state index contributed by atoms with van der Waals surface area (Å²) in [5.41, 5.74) is 4.41. The van der Waals surface area contributed by atoms with Crippen LogP contribution in [0.25, 0.3) is 0 Å². The highest BCUT2D eigenvalue weighted by Gasteiger charge is 2.12. The third-order valence-corrected chi connectivity index (χ3v) is 3.84. The predicted molar refractivity (Wildman–Crippen MR) is 89.1 cm³/mol. The smallest absolute Gasteiger partial charge is 0.167 e. The SMILES string of the molecule is CC(C)c1cc(C(=O)Cc2ccccc2)cc(C(C)C)c1. The van der Waals surface area contributed by atoms with Crippen LogP contribution in [0.1, 0.15) is 66.6 Å². The summed E-state index contributed by atoms with van der Waals surface area (Å²) in [6, 6.07) is 16.3. The molecule has 0 aliphatic carbocycles. The molecule has 0 aliphatic heterocycles. The number of hydrogen-bond donors (Lipinski definition) is 0. The first-order valence-electron chi connectivity index (χ1n) is 7.69. The highest BCUT2D eigenvalue weighted by molar-refractivity contribution is 5.97. The molecule has 0 radical (unpaired) electrons. The number of Topliss-reactive ketones (excluding diaryl/α,β-unsaturated/α-hetero) is 1. The lowest BCUT2D eigenvalue weighted by Crippen LogP contribution is -2.06. The maximum Gasteiger partial charge on any atom is 0.167 e. The fraction of sp³-hybridized carbons (Fsp3) is 0.350. The Morgan fingerprint density at radius 2 is 1.38 bits per heavy atom. The standard InChI is InChI=1S/C20H24O/c1-14(2)17-11-18(15(3)4)13-19(12-17)20(21)10-16-8-6-5-7-9-16/h5-9,11-15H,10H2,1-4H3. The lowest BCUT2D eigenvalue weighted by atomic mass is 9.91. The zero-order valence-electron chi connectivity index (χ0n) is 13.4. The minimum Gasteiger partial charge on any atom is -0.294 e. The van der Waals surface area contributed by atoms with Gasteiger partial charge in [0.1, 0.15) is 0 Å². The Balaban J connectivity index is 2.31. The quantitative estimate of drug-likeness (QED) is 0.674. The molecule has 0 N–H and O–H groups in total. The Hall–Kier alpha value is -1.89. The van der Waals surface area contributed by atoms with Gasteiger partial charge in [-0.15, -0.1) is 0 Å². The van der Waals surface area contributed by atoms with Gasteiger partial charge in [-0.3, -0.25) is 4.79 Å². The first-order valence-corrected chi connectivity index (χ1v) is 7.69.